The summed E-state index contributed by atoms with van der Waals surface area (Å²) < 4.78 is 11.2. The van der Waals surface area contributed by atoms with Gasteiger partial charge in [-0.2, -0.15) is 0 Å². The van der Waals surface area contributed by atoms with E-state index < -0.39 is 4.92 Å². The number of thioether (sulfide) groups is 1. The molecule has 0 amide bonds. The number of ether oxygens (including phenoxy) is 1. The van der Waals surface area contributed by atoms with Gasteiger partial charge in [0.2, 0.25) is 0 Å². The van der Waals surface area contributed by atoms with Crippen molar-refractivity contribution in [3.05, 3.63) is 45.0 Å². The normalized spacial score (nSPS) is 11.9. The monoisotopic (exact) mass is 329 g/mol. The average molecular weight is 329 g/mol. The van der Waals surface area contributed by atoms with Crippen LogP contribution in [0.3, 0.4) is 0 Å². The lowest BCUT2D eigenvalue weighted by Crippen LogP contribution is -2.15. The minimum atomic E-state index is -0.461. The molecule has 1 rings (SSSR count). The Morgan fingerprint density at radius 3 is 2.86 bits per heavy atom. The number of nitro groups is 1. The molecule has 124 valence electrons. The van der Waals surface area contributed by atoms with Gasteiger partial charge in [-0.1, -0.05) is 0 Å². The van der Waals surface area contributed by atoms with Crippen molar-refractivity contribution >= 4 is 11.8 Å². The van der Waals surface area contributed by atoms with Crippen molar-refractivity contribution in [2.75, 3.05) is 33.5 Å². The van der Waals surface area contributed by atoms with Crippen LogP contribution in [-0.2, 0) is 17.9 Å². The maximum atomic E-state index is 10.4. The molecule has 1 heterocycles. The lowest BCUT2D eigenvalue weighted by Gasteiger charge is -2.07. The third kappa shape index (κ3) is 8.06. The molecule has 0 unspecified atom stereocenters. The molecule has 0 aliphatic carbocycles. The molecule has 0 saturated heterocycles. The lowest BCUT2D eigenvalue weighted by molar-refractivity contribution is -0.403. The van der Waals surface area contributed by atoms with Crippen LogP contribution in [0, 0.1) is 10.1 Å². The zero-order chi connectivity index (χ0) is 16.4. The third-order valence-electron chi connectivity index (χ3n) is 2.64. The highest BCUT2D eigenvalue weighted by molar-refractivity contribution is 8.02. The van der Waals surface area contributed by atoms with Crippen LogP contribution in [0.4, 0.5) is 0 Å². The van der Waals surface area contributed by atoms with Crippen LogP contribution >= 0.6 is 11.8 Å². The molecular formula is C14H23N3O4S. The largest absolute Gasteiger partial charge is 0.462 e. The van der Waals surface area contributed by atoms with Crippen molar-refractivity contribution in [2.24, 2.45) is 0 Å². The van der Waals surface area contributed by atoms with E-state index >= 15 is 0 Å². The molecule has 0 fully saturated rings. The van der Waals surface area contributed by atoms with E-state index in [1.807, 2.05) is 31.1 Å². The minimum Gasteiger partial charge on any atom is -0.462 e. The molecule has 0 aromatic carbocycles. The summed E-state index contributed by atoms with van der Waals surface area (Å²) in [6.45, 7) is 2.40. The topological polar surface area (TPSA) is 80.8 Å². The minimum absolute atomic E-state index is 0.438. The zero-order valence-electron chi connectivity index (χ0n) is 13.2. The van der Waals surface area contributed by atoms with Gasteiger partial charge in [-0.25, -0.2) is 0 Å². The molecular weight excluding hydrogens is 306 g/mol. The first-order valence-electron chi connectivity index (χ1n) is 6.94. The van der Waals surface area contributed by atoms with E-state index in [-0.39, 0.29) is 0 Å². The molecule has 1 aromatic heterocycles. The Kier molecular flexibility index (Phi) is 8.64. The number of hydrogen-bond donors (Lipinski definition) is 1. The van der Waals surface area contributed by atoms with Crippen molar-refractivity contribution in [3.63, 3.8) is 0 Å². The SMILES string of the molecule is CS/C(=C\[N+](=O)[O-])NCCCOCc1ccc(CN(C)C)o1. The van der Waals surface area contributed by atoms with Crippen LogP contribution in [-0.4, -0.2) is 43.3 Å². The number of furan rings is 1. The fraction of sp³-hybridized carbons (Fsp3) is 0.571. The first-order valence-corrected chi connectivity index (χ1v) is 8.17. The maximum absolute atomic E-state index is 10.4. The molecule has 7 nitrogen and oxygen atoms in total. The van der Waals surface area contributed by atoms with Crippen molar-refractivity contribution in [1.82, 2.24) is 10.2 Å². The fourth-order valence-electron chi connectivity index (χ4n) is 1.72. The molecule has 1 N–H and O–H groups in total. The van der Waals surface area contributed by atoms with Crippen LogP contribution in [0.15, 0.2) is 27.8 Å². The lowest BCUT2D eigenvalue weighted by atomic mass is 10.4. The van der Waals surface area contributed by atoms with Gasteiger partial charge in [0.05, 0.1) is 11.5 Å². The highest BCUT2D eigenvalue weighted by Crippen LogP contribution is 2.11. The Morgan fingerprint density at radius 1 is 1.50 bits per heavy atom. The molecule has 0 atom stereocenters. The van der Waals surface area contributed by atoms with Gasteiger partial charge in [0.1, 0.15) is 23.2 Å². The summed E-state index contributed by atoms with van der Waals surface area (Å²) in [5.74, 6) is 1.72. The standard InChI is InChI=1S/C14H23N3O4S/c1-16(2)9-12-5-6-13(21-12)11-20-8-4-7-15-14(22-3)10-17(18)19/h5-6,10,15H,4,7-9,11H2,1-3H3/b14-10-. The van der Waals surface area contributed by atoms with Crippen molar-refractivity contribution in [3.8, 4) is 0 Å². The summed E-state index contributed by atoms with van der Waals surface area (Å²) >= 11 is 1.31. The molecule has 0 aliphatic heterocycles. The molecule has 0 radical (unpaired) electrons. The summed E-state index contributed by atoms with van der Waals surface area (Å²) in [5.41, 5.74) is 0. The second-order valence-corrected chi connectivity index (χ2v) is 5.77. The predicted octanol–water partition coefficient (Wildman–Crippen LogP) is 2.28. The van der Waals surface area contributed by atoms with Gasteiger partial charge in [0.25, 0.3) is 6.20 Å². The summed E-state index contributed by atoms with van der Waals surface area (Å²) in [7, 11) is 3.98. The third-order valence-corrected chi connectivity index (χ3v) is 3.33. The Balaban J connectivity index is 2.15. The fourth-order valence-corrected chi connectivity index (χ4v) is 2.16. The highest BCUT2D eigenvalue weighted by atomic mass is 32.2. The van der Waals surface area contributed by atoms with Gasteiger partial charge in [-0.15, -0.1) is 11.8 Å². The van der Waals surface area contributed by atoms with Crippen LogP contribution in [0.2, 0.25) is 0 Å². The van der Waals surface area contributed by atoms with E-state index in [9.17, 15) is 10.1 Å². The molecule has 0 spiro atoms. The Morgan fingerprint density at radius 2 is 2.23 bits per heavy atom. The van der Waals surface area contributed by atoms with E-state index in [2.05, 4.69) is 5.32 Å². The van der Waals surface area contributed by atoms with Gasteiger partial charge in [-0.3, -0.25) is 10.1 Å². The van der Waals surface area contributed by atoms with Gasteiger partial charge in [0.15, 0.2) is 0 Å². The van der Waals surface area contributed by atoms with Gasteiger partial charge < -0.3 is 19.4 Å². The molecule has 0 saturated carbocycles. The zero-order valence-corrected chi connectivity index (χ0v) is 14.0. The quantitative estimate of drug-likeness (QED) is 0.379. The maximum Gasteiger partial charge on any atom is 0.263 e. The molecule has 0 aliphatic rings. The molecule has 8 heteroatoms. The summed E-state index contributed by atoms with van der Waals surface area (Å²) in [6.07, 6.45) is 3.53. The van der Waals surface area contributed by atoms with Crippen molar-refractivity contribution in [1.29, 1.82) is 0 Å². The van der Waals surface area contributed by atoms with Gasteiger partial charge >= 0.3 is 0 Å². The van der Waals surface area contributed by atoms with Crippen molar-refractivity contribution < 1.29 is 14.1 Å². The number of rotatable bonds is 11. The molecule has 1 aromatic rings. The number of hydrogen-bond acceptors (Lipinski definition) is 7. The van der Waals surface area contributed by atoms with Gasteiger partial charge in [0, 0.05) is 13.2 Å². The van der Waals surface area contributed by atoms with E-state index in [0.717, 1.165) is 30.7 Å². The van der Waals surface area contributed by atoms with Crippen LogP contribution in [0.25, 0.3) is 0 Å². The molecule has 22 heavy (non-hydrogen) atoms. The average Bonchev–Trinajstić information content (AvgIpc) is 2.87. The first kappa shape index (κ1) is 18.5. The summed E-state index contributed by atoms with van der Waals surface area (Å²) in [6, 6.07) is 3.87. The molecule has 0 bridgehead atoms. The van der Waals surface area contributed by atoms with Crippen LogP contribution in [0.5, 0.6) is 0 Å². The van der Waals surface area contributed by atoms with Crippen LogP contribution in [0.1, 0.15) is 17.9 Å². The Labute approximate surface area is 134 Å². The number of nitrogens with one attached hydrogen (secondary N) is 1. The predicted molar refractivity (Wildman–Crippen MR) is 87.0 cm³/mol. The van der Waals surface area contributed by atoms with Crippen LogP contribution < -0.4 is 5.32 Å². The van der Waals surface area contributed by atoms with E-state index in [0.29, 0.717) is 24.8 Å². The second kappa shape index (κ2) is 10.3. The van der Waals surface area contributed by atoms with Crippen molar-refractivity contribution in [2.45, 2.75) is 19.6 Å². The van der Waals surface area contributed by atoms with E-state index in [1.54, 1.807) is 6.26 Å². The summed E-state index contributed by atoms with van der Waals surface area (Å²) in [4.78, 5) is 11.9. The second-order valence-electron chi connectivity index (χ2n) is 4.92. The first-order chi connectivity index (χ1) is 10.5. The van der Waals surface area contributed by atoms with E-state index in [1.165, 1.54) is 11.8 Å². The van der Waals surface area contributed by atoms with Gasteiger partial charge in [-0.05, 0) is 38.9 Å². The Hall–Kier alpha value is -1.51. The summed E-state index contributed by atoms with van der Waals surface area (Å²) in [5, 5.41) is 13.9. The smallest absolute Gasteiger partial charge is 0.263 e. The Bertz CT molecular complexity index is 488. The highest BCUT2D eigenvalue weighted by Gasteiger charge is 2.04. The van der Waals surface area contributed by atoms with E-state index in [4.69, 9.17) is 9.15 Å². The number of nitrogens with zero attached hydrogens (tertiary/aromatic N) is 2.